The number of hydrogen-bond donors (Lipinski definition) is 0. The van der Waals surface area contributed by atoms with E-state index in [1.54, 1.807) is 0 Å². The number of hydrogen-bond acceptors (Lipinski definition) is 1. The zero-order chi connectivity index (χ0) is 18.6. The van der Waals surface area contributed by atoms with Gasteiger partial charge in [-0.25, -0.2) is 0 Å². The Balaban J connectivity index is 0.000000758. The summed E-state index contributed by atoms with van der Waals surface area (Å²) in [5.74, 6) is 0. The van der Waals surface area contributed by atoms with Crippen molar-refractivity contribution in [2.45, 2.75) is 56.7 Å². The van der Waals surface area contributed by atoms with Gasteiger partial charge in [0.15, 0.2) is 0 Å². The van der Waals surface area contributed by atoms with Gasteiger partial charge < -0.3 is 20.9 Å². The Morgan fingerprint density at radius 1 is 1.00 bits per heavy atom. The van der Waals surface area contributed by atoms with Crippen LogP contribution >= 0.6 is 36.1 Å². The summed E-state index contributed by atoms with van der Waals surface area (Å²) in [6, 6.07) is 1.28. The van der Waals surface area contributed by atoms with Gasteiger partial charge in [-0.15, -0.1) is 25.2 Å². The molecule has 0 aliphatic carbocycles. The van der Waals surface area contributed by atoms with Crippen molar-refractivity contribution >= 4 is 36.1 Å². The Morgan fingerprint density at radius 3 is 2.04 bits per heavy atom. The fourth-order valence-corrected chi connectivity index (χ4v) is 4.12. The van der Waals surface area contributed by atoms with Crippen molar-refractivity contribution in [2.75, 3.05) is 32.7 Å². The summed E-state index contributed by atoms with van der Waals surface area (Å²) in [6.07, 6.45) is 14.0. The Labute approximate surface area is 181 Å². The Kier molecular flexibility index (Phi) is 12.3. The first-order valence-electron chi connectivity index (χ1n) is 9.37. The van der Waals surface area contributed by atoms with Crippen LogP contribution in [0.2, 0.25) is 0 Å². The molecule has 0 aromatic heterocycles. The molecular weight excluding hydrogens is 479 g/mol. The van der Waals surface area contributed by atoms with Crippen LogP contribution in [0.15, 0.2) is 22.8 Å². The molecule has 26 heavy (non-hydrogen) atoms. The summed E-state index contributed by atoms with van der Waals surface area (Å²) in [5.41, 5.74) is 0. The molecule has 2 fully saturated rings. The van der Waals surface area contributed by atoms with E-state index in [0.29, 0.717) is 12.1 Å². The quantitative estimate of drug-likeness (QED) is 0.318. The SMILES string of the molecule is BrC1=CC=CC(CN(CC2CCCC[N-]2)CC2CCCC[N-]2)[N-]1.[Cl][Fe][Cl]. The van der Waals surface area contributed by atoms with E-state index in [-0.39, 0.29) is 19.2 Å². The summed E-state index contributed by atoms with van der Waals surface area (Å²) in [5, 5.41) is 14.4. The van der Waals surface area contributed by atoms with Crippen LogP contribution in [0.25, 0.3) is 16.0 Å². The van der Waals surface area contributed by atoms with E-state index >= 15 is 0 Å². The van der Waals surface area contributed by atoms with Crippen molar-refractivity contribution < 1.29 is 13.1 Å². The van der Waals surface area contributed by atoms with Gasteiger partial charge in [0.25, 0.3) is 0 Å². The molecule has 3 atom stereocenters. The van der Waals surface area contributed by atoms with Crippen LogP contribution in [0.3, 0.4) is 0 Å². The first-order chi connectivity index (χ1) is 12.7. The van der Waals surface area contributed by atoms with Crippen LogP contribution in [-0.2, 0) is 13.1 Å². The van der Waals surface area contributed by atoms with Gasteiger partial charge in [0.05, 0.1) is 0 Å². The minimum atomic E-state index is 0.194. The minimum absolute atomic E-state index is 0.194. The molecule has 3 aliphatic rings. The molecule has 0 radical (unpaired) electrons. The molecule has 0 bridgehead atoms. The van der Waals surface area contributed by atoms with Gasteiger partial charge in [0.1, 0.15) is 0 Å². The topological polar surface area (TPSA) is 45.5 Å². The molecule has 0 N–H and O–H groups in total. The van der Waals surface area contributed by atoms with E-state index in [9.17, 15) is 0 Å². The number of nitrogens with zero attached hydrogens (tertiary/aromatic N) is 4. The van der Waals surface area contributed by atoms with Crippen LogP contribution in [0, 0.1) is 0 Å². The van der Waals surface area contributed by atoms with Crippen LogP contribution < -0.4 is 0 Å². The second-order valence-electron chi connectivity index (χ2n) is 6.95. The monoisotopic (exact) mass is 505 g/mol. The molecule has 0 spiro atoms. The van der Waals surface area contributed by atoms with Gasteiger partial charge >= 0.3 is 33.3 Å². The molecular formula is C18H28BrCl2FeN4-3. The van der Waals surface area contributed by atoms with Crippen molar-refractivity contribution in [1.29, 1.82) is 0 Å². The first-order valence-corrected chi connectivity index (χ1v) is 13.2. The molecule has 0 aromatic rings. The molecule has 3 rings (SSSR count). The molecule has 0 saturated carbocycles. The fourth-order valence-electron chi connectivity index (χ4n) is 3.71. The van der Waals surface area contributed by atoms with E-state index in [2.05, 4.69) is 33.0 Å². The molecule has 8 heteroatoms. The Bertz CT molecular complexity index is 421. The number of rotatable bonds is 6. The maximum atomic E-state index is 4.83. The van der Waals surface area contributed by atoms with Gasteiger partial charge in [-0.3, -0.25) is 0 Å². The average Bonchev–Trinajstić information content (AvgIpc) is 2.64. The van der Waals surface area contributed by atoms with Gasteiger partial charge in [0.2, 0.25) is 0 Å². The molecule has 3 heterocycles. The third-order valence-electron chi connectivity index (χ3n) is 4.90. The number of halogens is 3. The Hall–Kier alpha value is 0.739. The zero-order valence-electron chi connectivity index (χ0n) is 15.0. The second kappa shape index (κ2) is 13.8. The summed E-state index contributed by atoms with van der Waals surface area (Å²) in [7, 11) is 9.53. The van der Waals surface area contributed by atoms with E-state index in [1.165, 1.54) is 38.5 Å². The van der Waals surface area contributed by atoms with Crippen molar-refractivity contribution in [2.24, 2.45) is 0 Å². The van der Waals surface area contributed by atoms with E-state index < -0.39 is 0 Å². The molecule has 0 amide bonds. The van der Waals surface area contributed by atoms with Crippen molar-refractivity contribution in [3.05, 3.63) is 38.8 Å². The van der Waals surface area contributed by atoms with Crippen molar-refractivity contribution in [3.8, 4) is 0 Å². The van der Waals surface area contributed by atoms with Gasteiger partial charge in [0, 0.05) is 0 Å². The molecule has 3 aliphatic heterocycles. The second-order valence-corrected chi connectivity index (χ2v) is 9.59. The fraction of sp³-hybridized carbons (Fsp3) is 0.778. The van der Waals surface area contributed by atoms with Gasteiger partial charge in [-0.2, -0.15) is 0 Å². The number of piperidine rings is 2. The van der Waals surface area contributed by atoms with Crippen LogP contribution in [0.1, 0.15) is 38.5 Å². The summed E-state index contributed by atoms with van der Waals surface area (Å²) < 4.78 is 0.953. The normalized spacial score (nSPS) is 28.9. The van der Waals surface area contributed by atoms with Crippen LogP contribution in [-0.4, -0.2) is 55.7 Å². The van der Waals surface area contributed by atoms with E-state index in [4.69, 9.17) is 36.1 Å². The molecule has 152 valence electrons. The van der Waals surface area contributed by atoms with Crippen molar-refractivity contribution in [3.63, 3.8) is 0 Å². The summed E-state index contributed by atoms with van der Waals surface area (Å²) in [4.78, 5) is 2.57. The maximum absolute atomic E-state index is 4.83. The van der Waals surface area contributed by atoms with Gasteiger partial charge in [-0.1, -0.05) is 83.3 Å². The standard InChI is InChI=1S/C18H28BrN4.2ClH.Fe/c19-18-9-5-8-17(22-18)14-23(12-15-6-1-3-10-20-15)13-16-7-2-4-11-21-16;;;/h5,8-9,15-17H,1-4,6-7,10-14H2;2*1H;/q-3;;;+2/p-2. The summed E-state index contributed by atoms with van der Waals surface area (Å²) >= 11 is 3.70. The molecule has 0 aromatic carbocycles. The van der Waals surface area contributed by atoms with Crippen molar-refractivity contribution in [1.82, 2.24) is 4.90 Å². The average molecular weight is 507 g/mol. The van der Waals surface area contributed by atoms with E-state index in [1.807, 2.05) is 6.08 Å². The van der Waals surface area contributed by atoms with Crippen LogP contribution in [0.4, 0.5) is 0 Å². The van der Waals surface area contributed by atoms with Gasteiger partial charge in [-0.05, 0) is 19.6 Å². The molecule has 2 saturated heterocycles. The molecule has 4 nitrogen and oxygen atoms in total. The summed E-state index contributed by atoms with van der Waals surface area (Å²) in [6.45, 7) is 5.24. The first kappa shape index (κ1) is 23.0. The zero-order valence-corrected chi connectivity index (χ0v) is 19.2. The third-order valence-corrected chi connectivity index (χ3v) is 5.37. The third kappa shape index (κ3) is 9.29. The predicted molar refractivity (Wildman–Crippen MR) is 113 cm³/mol. The number of allylic oxidation sites excluding steroid dienone is 2. The Morgan fingerprint density at radius 2 is 1.58 bits per heavy atom. The predicted octanol–water partition coefficient (Wildman–Crippen LogP) is 6.07. The van der Waals surface area contributed by atoms with E-state index in [0.717, 1.165) is 37.3 Å². The van der Waals surface area contributed by atoms with Crippen LogP contribution in [0.5, 0.6) is 0 Å². The molecule has 3 unspecified atom stereocenters.